The van der Waals surface area contributed by atoms with E-state index < -0.39 is 11.9 Å². The highest BCUT2D eigenvalue weighted by atomic mass is 19.4. The van der Waals surface area contributed by atoms with Crippen LogP contribution in [0.15, 0.2) is 36.9 Å². The number of piperidine rings is 2. The van der Waals surface area contributed by atoms with E-state index in [0.717, 1.165) is 19.0 Å². The van der Waals surface area contributed by atoms with E-state index in [0.29, 0.717) is 30.0 Å². The lowest BCUT2D eigenvalue weighted by Gasteiger charge is -2.57. The molecule has 3 aliphatic rings. The average Bonchev–Trinajstić information content (AvgIpc) is 3.31. The molecule has 3 aromatic heterocycles. The van der Waals surface area contributed by atoms with Crippen molar-refractivity contribution in [1.29, 1.82) is 0 Å². The highest BCUT2D eigenvalue weighted by molar-refractivity contribution is 5.96. The first-order chi connectivity index (χ1) is 16.2. The Morgan fingerprint density at radius 1 is 1.15 bits per heavy atom. The number of alkyl halides is 3. The molecule has 1 amide bonds. The second-order valence-electron chi connectivity index (χ2n) is 8.83. The summed E-state index contributed by atoms with van der Waals surface area (Å²) in [5.41, 5.74) is 0.418. The molecule has 6 rings (SSSR count). The number of aromatic nitrogens is 6. The first-order valence-electron chi connectivity index (χ1n) is 11.0. The zero-order chi connectivity index (χ0) is 24.0. The highest BCUT2D eigenvalue weighted by Crippen LogP contribution is 2.47. The quantitative estimate of drug-likeness (QED) is 0.609. The highest BCUT2D eigenvalue weighted by Gasteiger charge is 2.51. The van der Waals surface area contributed by atoms with E-state index in [2.05, 4.69) is 37.4 Å². The van der Waals surface area contributed by atoms with Crippen molar-refractivity contribution in [1.82, 2.24) is 34.8 Å². The van der Waals surface area contributed by atoms with Crippen LogP contribution in [0.4, 0.5) is 19.0 Å². The Bertz CT molecular complexity index is 1180. The number of anilines is 1. The van der Waals surface area contributed by atoms with E-state index in [1.165, 1.54) is 17.2 Å². The van der Waals surface area contributed by atoms with Crippen molar-refractivity contribution < 1.29 is 18.0 Å². The van der Waals surface area contributed by atoms with Crippen LogP contribution in [0.5, 0.6) is 0 Å². The van der Waals surface area contributed by atoms with Crippen LogP contribution >= 0.6 is 0 Å². The smallest absolute Gasteiger partial charge is 0.367 e. The van der Waals surface area contributed by atoms with E-state index in [-0.39, 0.29) is 35.4 Å². The van der Waals surface area contributed by atoms with Crippen molar-refractivity contribution in [2.45, 2.75) is 44.9 Å². The molecule has 2 aliphatic heterocycles. The summed E-state index contributed by atoms with van der Waals surface area (Å²) in [7, 11) is 0. The van der Waals surface area contributed by atoms with Crippen molar-refractivity contribution in [2.75, 3.05) is 11.9 Å². The number of hydrogen-bond donors (Lipinski definition) is 1. The predicted octanol–water partition coefficient (Wildman–Crippen LogP) is 3.13. The van der Waals surface area contributed by atoms with Gasteiger partial charge in [-0.1, -0.05) is 6.92 Å². The molecule has 12 heteroatoms. The van der Waals surface area contributed by atoms with Gasteiger partial charge in [0.15, 0.2) is 11.4 Å². The van der Waals surface area contributed by atoms with Gasteiger partial charge in [0.1, 0.15) is 11.5 Å². The summed E-state index contributed by atoms with van der Waals surface area (Å²) in [6, 6.07) is 3.47. The lowest BCUT2D eigenvalue weighted by atomic mass is 9.64. The number of pyridine rings is 1. The number of fused-ring (bicyclic) bond motifs is 2. The lowest BCUT2D eigenvalue weighted by molar-refractivity contribution is -0.141. The minimum atomic E-state index is -4.55. The second-order valence-corrected chi connectivity index (χ2v) is 8.83. The Kier molecular flexibility index (Phi) is 5.45. The molecule has 2 atom stereocenters. The van der Waals surface area contributed by atoms with E-state index in [9.17, 15) is 18.0 Å². The minimum absolute atomic E-state index is 0.0833. The third-order valence-electron chi connectivity index (χ3n) is 6.77. The molecule has 1 N–H and O–H groups in total. The fraction of sp³-hybridized carbons (Fsp3) is 0.455. The molecule has 2 saturated heterocycles. The molecule has 3 fully saturated rings. The standard InChI is InChI=1S/C22H23F3N8O/c1-12-3-4-16(33-29-5-6-30-33)20(31-12)21(34)32-15-7-14(8-15)13(2)17(32)9-27-19-11-26-18(10-28-19)22(23,24)25/h3-6,10-11,13-15,17H,7-9H2,1-2H3,(H,27,28)/t13-,14?,15?,17-/m1/s1. The van der Waals surface area contributed by atoms with Crippen LogP contribution in [-0.2, 0) is 6.18 Å². The molecule has 34 heavy (non-hydrogen) atoms. The third kappa shape index (κ3) is 3.97. The van der Waals surface area contributed by atoms with Gasteiger partial charge in [-0.05, 0) is 43.7 Å². The monoisotopic (exact) mass is 472 g/mol. The molecule has 0 unspecified atom stereocenters. The summed E-state index contributed by atoms with van der Waals surface area (Å²) < 4.78 is 38.3. The predicted molar refractivity (Wildman–Crippen MR) is 115 cm³/mol. The molecular formula is C22H23F3N8O. The zero-order valence-electron chi connectivity index (χ0n) is 18.6. The molecule has 0 radical (unpaired) electrons. The van der Waals surface area contributed by atoms with Crippen LogP contribution in [-0.4, -0.2) is 59.4 Å². The average molecular weight is 472 g/mol. The molecule has 2 bridgehead atoms. The van der Waals surface area contributed by atoms with Crippen molar-refractivity contribution in [2.24, 2.45) is 11.8 Å². The number of nitrogens with zero attached hydrogens (tertiary/aromatic N) is 7. The van der Waals surface area contributed by atoms with Crippen molar-refractivity contribution in [3.63, 3.8) is 0 Å². The fourth-order valence-corrected chi connectivity index (χ4v) is 4.83. The van der Waals surface area contributed by atoms with Gasteiger partial charge in [-0.15, -0.1) is 4.80 Å². The first kappa shape index (κ1) is 22.2. The van der Waals surface area contributed by atoms with Crippen molar-refractivity contribution in [3.8, 4) is 5.69 Å². The van der Waals surface area contributed by atoms with Gasteiger partial charge >= 0.3 is 6.18 Å². The van der Waals surface area contributed by atoms with Gasteiger partial charge in [0.2, 0.25) is 0 Å². The van der Waals surface area contributed by atoms with Crippen LogP contribution in [0.25, 0.3) is 5.69 Å². The molecule has 5 heterocycles. The molecule has 9 nitrogen and oxygen atoms in total. The maximum atomic E-state index is 13.8. The van der Waals surface area contributed by atoms with Crippen LogP contribution in [0.2, 0.25) is 0 Å². The van der Waals surface area contributed by atoms with Crippen LogP contribution in [0, 0.1) is 18.8 Å². The number of nitrogens with one attached hydrogen (secondary N) is 1. The summed E-state index contributed by atoms with van der Waals surface area (Å²) >= 11 is 0. The Labute approximate surface area is 193 Å². The normalized spacial score (nSPS) is 24.0. The lowest BCUT2D eigenvalue weighted by Crippen LogP contribution is -2.64. The molecule has 178 valence electrons. The largest absolute Gasteiger partial charge is 0.434 e. The number of halogens is 3. The van der Waals surface area contributed by atoms with Gasteiger partial charge in [-0.3, -0.25) is 4.79 Å². The molecule has 3 aromatic rings. The number of aryl methyl sites for hydroxylation is 1. The third-order valence-corrected chi connectivity index (χ3v) is 6.77. The van der Waals surface area contributed by atoms with Gasteiger partial charge in [0, 0.05) is 18.3 Å². The number of amides is 1. The summed E-state index contributed by atoms with van der Waals surface area (Å²) in [5, 5.41) is 11.4. The van der Waals surface area contributed by atoms with E-state index in [1.807, 2.05) is 11.8 Å². The molecule has 1 aliphatic carbocycles. The molecular weight excluding hydrogens is 449 g/mol. The summed E-state index contributed by atoms with van der Waals surface area (Å²) in [6.45, 7) is 4.25. The maximum absolute atomic E-state index is 13.8. The topological polar surface area (TPSA) is 102 Å². The van der Waals surface area contributed by atoms with E-state index in [4.69, 9.17) is 0 Å². The van der Waals surface area contributed by atoms with Gasteiger partial charge in [-0.2, -0.15) is 23.4 Å². The summed E-state index contributed by atoms with van der Waals surface area (Å²) in [4.78, 5) is 28.9. The SMILES string of the molecule is Cc1ccc(-n2nccn2)c(C(=O)N2C3CC(C3)[C@@H](C)[C@H]2CNc2cnc(C(F)(F)F)cn2)n1. The molecule has 0 spiro atoms. The molecule has 0 aromatic carbocycles. The number of rotatable bonds is 5. The Hall–Kier alpha value is -3.57. The van der Waals surface area contributed by atoms with Gasteiger partial charge in [-0.25, -0.2) is 15.0 Å². The summed E-state index contributed by atoms with van der Waals surface area (Å²) in [6.07, 6.45) is 2.13. The van der Waals surface area contributed by atoms with Crippen molar-refractivity contribution >= 4 is 11.7 Å². The van der Waals surface area contributed by atoms with E-state index in [1.54, 1.807) is 12.1 Å². The van der Waals surface area contributed by atoms with Crippen LogP contribution < -0.4 is 5.32 Å². The molecule has 1 saturated carbocycles. The Balaban J connectivity index is 1.40. The zero-order valence-corrected chi connectivity index (χ0v) is 18.6. The first-order valence-corrected chi connectivity index (χ1v) is 11.0. The summed E-state index contributed by atoms with van der Waals surface area (Å²) in [5.74, 6) is 0.704. The number of carbonyl (C=O) groups is 1. The van der Waals surface area contributed by atoms with Crippen molar-refractivity contribution in [3.05, 3.63) is 54.0 Å². The van der Waals surface area contributed by atoms with Gasteiger partial charge < -0.3 is 10.2 Å². The fourth-order valence-electron chi connectivity index (χ4n) is 4.83. The number of hydrogen-bond acceptors (Lipinski definition) is 7. The Morgan fingerprint density at radius 2 is 1.88 bits per heavy atom. The Morgan fingerprint density at radius 3 is 2.53 bits per heavy atom. The second kappa shape index (κ2) is 8.33. The minimum Gasteiger partial charge on any atom is -0.367 e. The van der Waals surface area contributed by atoms with Crippen LogP contribution in [0.1, 0.15) is 41.6 Å². The maximum Gasteiger partial charge on any atom is 0.434 e. The van der Waals surface area contributed by atoms with Gasteiger partial charge in [0.25, 0.3) is 5.91 Å². The number of carbonyl (C=O) groups excluding carboxylic acids is 1. The van der Waals surface area contributed by atoms with Gasteiger partial charge in [0.05, 0.1) is 30.8 Å². The van der Waals surface area contributed by atoms with Crippen LogP contribution in [0.3, 0.4) is 0 Å². The van der Waals surface area contributed by atoms with E-state index >= 15 is 0 Å².